The van der Waals surface area contributed by atoms with E-state index in [0.29, 0.717) is 5.58 Å². The van der Waals surface area contributed by atoms with Gasteiger partial charge in [0, 0.05) is 22.4 Å². The Bertz CT molecular complexity index is 950. The van der Waals surface area contributed by atoms with Gasteiger partial charge in [-0.2, -0.15) is 0 Å². The molecule has 0 aliphatic carbocycles. The number of rotatable bonds is 0. The zero-order valence-corrected chi connectivity index (χ0v) is 9.31. The van der Waals surface area contributed by atoms with Gasteiger partial charge >= 0.3 is 5.76 Å². The van der Waals surface area contributed by atoms with Crippen LogP contribution in [0.3, 0.4) is 0 Å². The maximum Gasteiger partial charge on any atom is 0.417 e. The number of nitrogens with one attached hydrogen (secondary N) is 1. The molecular weight excluding hydrogens is 228 g/mol. The van der Waals surface area contributed by atoms with Crippen LogP contribution in [0.2, 0.25) is 0 Å². The van der Waals surface area contributed by atoms with Gasteiger partial charge in [0.2, 0.25) is 0 Å². The Hall–Kier alpha value is -2.62. The van der Waals surface area contributed by atoms with Crippen LogP contribution in [0, 0.1) is 0 Å². The zero-order chi connectivity index (χ0) is 12.1. The summed E-state index contributed by atoms with van der Waals surface area (Å²) in [5.74, 6) is -0.432. The van der Waals surface area contributed by atoms with E-state index in [9.17, 15) is 4.79 Å². The molecule has 0 spiro atoms. The topological polar surface area (TPSA) is 58.9 Å². The number of aromatic nitrogens is 2. The molecule has 2 aromatic heterocycles. The fraction of sp³-hybridized carbons (Fsp3) is 0. The molecule has 0 saturated heterocycles. The Balaban J connectivity index is 2.33. The van der Waals surface area contributed by atoms with Crippen LogP contribution in [0.15, 0.2) is 51.8 Å². The number of hydrogen-bond donors (Lipinski definition) is 1. The Labute approximate surface area is 101 Å². The molecule has 4 heteroatoms. The zero-order valence-electron chi connectivity index (χ0n) is 9.31. The third-order valence-electron chi connectivity index (χ3n) is 3.16. The third-order valence-corrected chi connectivity index (χ3v) is 3.16. The number of benzene rings is 2. The van der Waals surface area contributed by atoms with Crippen LogP contribution >= 0.6 is 0 Å². The van der Waals surface area contributed by atoms with Gasteiger partial charge in [-0.25, -0.2) is 4.79 Å². The van der Waals surface area contributed by atoms with E-state index in [-0.39, 0.29) is 0 Å². The van der Waals surface area contributed by atoms with Gasteiger partial charge in [0.05, 0.1) is 11.0 Å². The number of pyridine rings is 1. The van der Waals surface area contributed by atoms with Crippen LogP contribution in [0.4, 0.5) is 0 Å². The highest BCUT2D eigenvalue weighted by atomic mass is 16.4. The lowest BCUT2D eigenvalue weighted by molar-refractivity contribution is 0.555. The third kappa shape index (κ3) is 1.14. The quantitative estimate of drug-likeness (QED) is 0.477. The van der Waals surface area contributed by atoms with Gasteiger partial charge in [0.25, 0.3) is 0 Å². The van der Waals surface area contributed by atoms with Crippen LogP contribution in [-0.4, -0.2) is 9.97 Å². The maximum atomic E-state index is 11.3. The van der Waals surface area contributed by atoms with Crippen molar-refractivity contribution in [3.05, 3.63) is 53.1 Å². The molecule has 0 amide bonds. The molecule has 0 bridgehead atoms. The van der Waals surface area contributed by atoms with Crippen LogP contribution in [0.1, 0.15) is 0 Å². The van der Waals surface area contributed by atoms with E-state index >= 15 is 0 Å². The van der Waals surface area contributed by atoms with Gasteiger partial charge in [-0.3, -0.25) is 9.97 Å². The molecule has 2 aromatic carbocycles. The van der Waals surface area contributed by atoms with Gasteiger partial charge in [-0.15, -0.1) is 0 Å². The minimum absolute atomic E-state index is 0.432. The summed E-state index contributed by atoms with van der Waals surface area (Å²) in [4.78, 5) is 18.4. The molecule has 18 heavy (non-hydrogen) atoms. The standard InChI is InChI=1S/C14H8N2O2/c17-14-16-13-10-4-3-8-2-1-7-15-12(8)9(10)5-6-11(13)18-14/h1-7H,(H,16,17). The monoisotopic (exact) mass is 236 g/mol. The Kier molecular flexibility index (Phi) is 1.67. The van der Waals surface area contributed by atoms with Gasteiger partial charge in [0.1, 0.15) is 0 Å². The molecule has 4 aromatic rings. The van der Waals surface area contributed by atoms with Crippen molar-refractivity contribution < 1.29 is 4.42 Å². The van der Waals surface area contributed by atoms with Crippen molar-refractivity contribution in [3.8, 4) is 0 Å². The number of hydrogen-bond acceptors (Lipinski definition) is 3. The number of fused-ring (bicyclic) bond motifs is 5. The van der Waals surface area contributed by atoms with Gasteiger partial charge in [0.15, 0.2) is 5.58 Å². The number of H-pyrrole nitrogens is 1. The second kappa shape index (κ2) is 3.20. The number of oxazole rings is 1. The van der Waals surface area contributed by atoms with E-state index < -0.39 is 5.76 Å². The predicted molar refractivity (Wildman–Crippen MR) is 69.6 cm³/mol. The second-order valence-corrected chi connectivity index (χ2v) is 4.19. The number of nitrogens with zero attached hydrogens (tertiary/aromatic N) is 1. The summed E-state index contributed by atoms with van der Waals surface area (Å²) in [5.41, 5.74) is 2.23. The SMILES string of the molecule is O=c1[nH]c2c(ccc3c2ccc2cccnc23)o1. The molecule has 0 radical (unpaired) electrons. The highest BCUT2D eigenvalue weighted by molar-refractivity contribution is 6.13. The fourth-order valence-corrected chi connectivity index (χ4v) is 2.37. The van der Waals surface area contributed by atoms with Gasteiger partial charge < -0.3 is 4.42 Å². The molecule has 0 unspecified atom stereocenters. The van der Waals surface area contributed by atoms with Crippen molar-refractivity contribution in [2.24, 2.45) is 0 Å². The molecule has 4 rings (SSSR count). The van der Waals surface area contributed by atoms with E-state index in [0.717, 1.165) is 27.2 Å². The summed E-state index contributed by atoms with van der Waals surface area (Å²) >= 11 is 0. The summed E-state index contributed by atoms with van der Waals surface area (Å²) in [7, 11) is 0. The van der Waals surface area contributed by atoms with E-state index in [4.69, 9.17) is 4.42 Å². The highest BCUT2D eigenvalue weighted by Crippen LogP contribution is 2.28. The minimum Gasteiger partial charge on any atom is -0.408 e. The van der Waals surface area contributed by atoms with Crippen molar-refractivity contribution in [2.75, 3.05) is 0 Å². The molecule has 1 N–H and O–H groups in total. The summed E-state index contributed by atoms with van der Waals surface area (Å²) in [6.45, 7) is 0. The first kappa shape index (κ1) is 9.41. The Morgan fingerprint density at radius 1 is 1.06 bits per heavy atom. The molecule has 2 heterocycles. The molecule has 0 saturated carbocycles. The smallest absolute Gasteiger partial charge is 0.408 e. The minimum atomic E-state index is -0.432. The van der Waals surface area contributed by atoms with Gasteiger partial charge in [-0.1, -0.05) is 18.2 Å². The van der Waals surface area contributed by atoms with E-state index in [2.05, 4.69) is 9.97 Å². The van der Waals surface area contributed by atoms with Crippen molar-refractivity contribution in [1.82, 2.24) is 9.97 Å². The first-order chi connectivity index (χ1) is 8.83. The van der Waals surface area contributed by atoms with Crippen LogP contribution in [-0.2, 0) is 0 Å². The lowest BCUT2D eigenvalue weighted by Crippen LogP contribution is -1.93. The lowest BCUT2D eigenvalue weighted by atomic mass is 10.1. The highest BCUT2D eigenvalue weighted by Gasteiger charge is 2.08. The van der Waals surface area contributed by atoms with Crippen molar-refractivity contribution >= 4 is 32.8 Å². The van der Waals surface area contributed by atoms with Crippen LogP contribution < -0.4 is 5.76 Å². The average molecular weight is 236 g/mol. The summed E-state index contributed by atoms with van der Waals surface area (Å²) < 4.78 is 5.06. The Morgan fingerprint density at radius 3 is 2.89 bits per heavy atom. The maximum absolute atomic E-state index is 11.3. The van der Waals surface area contributed by atoms with Crippen LogP contribution in [0.25, 0.3) is 32.8 Å². The number of aromatic amines is 1. The molecule has 0 fully saturated rings. The molecule has 4 nitrogen and oxygen atoms in total. The van der Waals surface area contributed by atoms with E-state index in [1.807, 2.05) is 30.3 Å². The first-order valence-electron chi connectivity index (χ1n) is 5.62. The van der Waals surface area contributed by atoms with Crippen molar-refractivity contribution in [1.29, 1.82) is 0 Å². The lowest BCUT2D eigenvalue weighted by Gasteiger charge is -2.02. The average Bonchev–Trinajstić information content (AvgIpc) is 2.79. The molecule has 0 aliphatic rings. The molecular formula is C14H8N2O2. The molecule has 0 aliphatic heterocycles. The second-order valence-electron chi connectivity index (χ2n) is 4.19. The molecule has 86 valence electrons. The Morgan fingerprint density at radius 2 is 1.94 bits per heavy atom. The van der Waals surface area contributed by atoms with Crippen molar-refractivity contribution in [3.63, 3.8) is 0 Å². The summed E-state index contributed by atoms with van der Waals surface area (Å²) in [5, 5.41) is 3.04. The molecule has 0 atom stereocenters. The largest absolute Gasteiger partial charge is 0.417 e. The van der Waals surface area contributed by atoms with E-state index in [1.165, 1.54) is 0 Å². The summed E-state index contributed by atoms with van der Waals surface area (Å²) in [6.07, 6.45) is 1.77. The normalized spacial score (nSPS) is 11.6. The van der Waals surface area contributed by atoms with E-state index in [1.54, 1.807) is 12.3 Å². The van der Waals surface area contributed by atoms with Crippen LogP contribution in [0.5, 0.6) is 0 Å². The predicted octanol–water partition coefficient (Wildman–Crippen LogP) is 2.82. The first-order valence-corrected chi connectivity index (χ1v) is 5.62. The van der Waals surface area contributed by atoms with Crippen molar-refractivity contribution in [2.45, 2.75) is 0 Å². The summed E-state index contributed by atoms with van der Waals surface area (Å²) in [6, 6.07) is 11.6. The fourth-order valence-electron chi connectivity index (χ4n) is 2.37. The van der Waals surface area contributed by atoms with Gasteiger partial charge in [-0.05, 0) is 18.2 Å².